The van der Waals surface area contributed by atoms with E-state index in [9.17, 15) is 4.79 Å². The Morgan fingerprint density at radius 3 is 2.86 bits per heavy atom. The highest BCUT2D eigenvalue weighted by Gasteiger charge is 2.36. The van der Waals surface area contributed by atoms with Crippen molar-refractivity contribution in [1.82, 2.24) is 0 Å². The molecule has 0 bridgehead atoms. The summed E-state index contributed by atoms with van der Waals surface area (Å²) < 4.78 is 21.9. The van der Waals surface area contributed by atoms with Crippen molar-refractivity contribution in [2.75, 3.05) is 38.4 Å². The number of hydrogen-bond acceptors (Lipinski definition) is 5. The van der Waals surface area contributed by atoms with Gasteiger partial charge in [0, 0.05) is 6.07 Å². The van der Waals surface area contributed by atoms with Crippen LogP contribution in [-0.4, -0.2) is 51.6 Å². The van der Waals surface area contributed by atoms with Crippen LogP contribution < -0.4 is 14.4 Å². The van der Waals surface area contributed by atoms with Crippen LogP contribution in [-0.2, 0) is 14.3 Å². The molecule has 114 valence electrons. The monoisotopic (exact) mass is 293 g/mol. The molecule has 1 aromatic rings. The molecule has 1 saturated heterocycles. The second kappa shape index (κ2) is 5.91. The number of methoxy groups -OCH3 is 1. The number of ether oxygens (including phenoxy) is 4. The van der Waals surface area contributed by atoms with Gasteiger partial charge in [0.25, 0.3) is 5.91 Å². The Kier molecular flexibility index (Phi) is 3.98. The summed E-state index contributed by atoms with van der Waals surface area (Å²) >= 11 is 0. The number of anilines is 1. The van der Waals surface area contributed by atoms with Crippen LogP contribution in [0.15, 0.2) is 18.2 Å². The van der Waals surface area contributed by atoms with Gasteiger partial charge in [-0.05, 0) is 19.1 Å². The molecular formula is C15H19NO5. The number of nitrogens with zero attached hydrogens (tertiary/aromatic N) is 1. The van der Waals surface area contributed by atoms with Crippen LogP contribution >= 0.6 is 0 Å². The van der Waals surface area contributed by atoms with Gasteiger partial charge < -0.3 is 23.8 Å². The van der Waals surface area contributed by atoms with Crippen LogP contribution in [0.1, 0.15) is 6.92 Å². The lowest BCUT2D eigenvalue weighted by atomic mass is 10.1. The molecule has 3 rings (SSSR count). The van der Waals surface area contributed by atoms with Gasteiger partial charge in [0.05, 0.1) is 38.7 Å². The van der Waals surface area contributed by atoms with Crippen LogP contribution in [0.4, 0.5) is 5.69 Å². The standard InChI is InChI=1S/C15H19NO5/c1-10-14(21-8-7-19-10)15(17)16-5-6-20-13-4-3-11(18-2)9-12(13)16/h3-4,9-10,14H,5-8H2,1-2H3/t10-,14-/m1/s1. The van der Waals surface area contributed by atoms with Crippen LogP contribution in [0.25, 0.3) is 0 Å². The highest BCUT2D eigenvalue weighted by atomic mass is 16.6. The molecule has 0 unspecified atom stereocenters. The van der Waals surface area contributed by atoms with Gasteiger partial charge in [0.2, 0.25) is 0 Å². The van der Waals surface area contributed by atoms with Gasteiger partial charge in [-0.15, -0.1) is 0 Å². The van der Waals surface area contributed by atoms with E-state index >= 15 is 0 Å². The van der Waals surface area contributed by atoms with Crippen LogP contribution in [0.5, 0.6) is 11.5 Å². The molecule has 0 N–H and O–H groups in total. The van der Waals surface area contributed by atoms with Crippen molar-refractivity contribution in [2.45, 2.75) is 19.1 Å². The quantitative estimate of drug-likeness (QED) is 0.821. The number of rotatable bonds is 2. The topological polar surface area (TPSA) is 57.2 Å². The summed E-state index contributed by atoms with van der Waals surface area (Å²) in [7, 11) is 1.59. The second-order valence-electron chi connectivity index (χ2n) is 5.04. The third-order valence-electron chi connectivity index (χ3n) is 3.73. The molecule has 0 spiro atoms. The number of carbonyl (C=O) groups excluding carboxylic acids is 1. The predicted octanol–water partition coefficient (Wildman–Crippen LogP) is 1.22. The molecule has 0 aromatic heterocycles. The summed E-state index contributed by atoms with van der Waals surface area (Å²) in [5.74, 6) is 1.27. The normalized spacial score (nSPS) is 25.0. The number of amides is 1. The highest BCUT2D eigenvalue weighted by Crippen LogP contribution is 2.35. The first-order valence-corrected chi connectivity index (χ1v) is 7.06. The van der Waals surface area contributed by atoms with Crippen molar-refractivity contribution in [2.24, 2.45) is 0 Å². The van der Waals surface area contributed by atoms with Crippen molar-refractivity contribution in [3.63, 3.8) is 0 Å². The number of benzene rings is 1. The zero-order valence-electron chi connectivity index (χ0n) is 12.2. The highest BCUT2D eigenvalue weighted by molar-refractivity contribution is 5.98. The zero-order chi connectivity index (χ0) is 14.8. The summed E-state index contributed by atoms with van der Waals surface area (Å²) in [4.78, 5) is 14.4. The summed E-state index contributed by atoms with van der Waals surface area (Å²) in [6, 6.07) is 5.44. The minimum absolute atomic E-state index is 0.0972. The lowest BCUT2D eigenvalue weighted by molar-refractivity contribution is -0.159. The van der Waals surface area contributed by atoms with Crippen LogP contribution in [0, 0.1) is 0 Å². The minimum atomic E-state index is -0.573. The van der Waals surface area contributed by atoms with Crippen molar-refractivity contribution in [3.8, 4) is 11.5 Å². The van der Waals surface area contributed by atoms with E-state index in [1.165, 1.54) is 0 Å². The van der Waals surface area contributed by atoms with E-state index in [1.54, 1.807) is 18.1 Å². The molecule has 0 radical (unpaired) electrons. The zero-order valence-corrected chi connectivity index (χ0v) is 12.2. The van der Waals surface area contributed by atoms with Gasteiger partial charge in [0.15, 0.2) is 6.10 Å². The summed E-state index contributed by atoms with van der Waals surface area (Å²) in [5.41, 5.74) is 0.715. The average Bonchev–Trinajstić information content (AvgIpc) is 2.53. The predicted molar refractivity (Wildman–Crippen MR) is 76.0 cm³/mol. The molecule has 21 heavy (non-hydrogen) atoms. The van der Waals surface area contributed by atoms with Crippen molar-refractivity contribution in [1.29, 1.82) is 0 Å². The molecule has 0 aliphatic carbocycles. The molecule has 2 aliphatic rings. The SMILES string of the molecule is COc1ccc2c(c1)N(C(=O)[C@@H]1OCCO[C@@H]1C)CCO2. The van der Waals surface area contributed by atoms with Crippen molar-refractivity contribution >= 4 is 11.6 Å². The van der Waals surface area contributed by atoms with Gasteiger partial charge in [-0.2, -0.15) is 0 Å². The molecule has 1 fully saturated rings. The summed E-state index contributed by atoms with van der Waals surface area (Å²) in [5, 5.41) is 0. The molecule has 2 atom stereocenters. The molecule has 1 amide bonds. The molecule has 2 aliphatic heterocycles. The van der Waals surface area contributed by atoms with Gasteiger partial charge in [-0.3, -0.25) is 4.79 Å². The van der Waals surface area contributed by atoms with E-state index < -0.39 is 6.10 Å². The lowest BCUT2D eigenvalue weighted by Crippen LogP contribution is -2.51. The Balaban J connectivity index is 1.88. The fourth-order valence-electron chi connectivity index (χ4n) is 2.61. The van der Waals surface area contributed by atoms with E-state index in [0.29, 0.717) is 43.6 Å². The number of hydrogen-bond donors (Lipinski definition) is 0. The smallest absolute Gasteiger partial charge is 0.259 e. The number of carbonyl (C=O) groups is 1. The summed E-state index contributed by atoms with van der Waals surface area (Å²) in [6.07, 6.45) is -0.820. The minimum Gasteiger partial charge on any atom is -0.497 e. The molecule has 1 aromatic carbocycles. The van der Waals surface area contributed by atoms with Gasteiger partial charge in [-0.1, -0.05) is 0 Å². The molecule has 0 saturated carbocycles. The maximum atomic E-state index is 12.8. The van der Waals surface area contributed by atoms with Gasteiger partial charge in [-0.25, -0.2) is 0 Å². The van der Waals surface area contributed by atoms with E-state index in [2.05, 4.69) is 0 Å². The largest absolute Gasteiger partial charge is 0.497 e. The maximum Gasteiger partial charge on any atom is 0.259 e. The molecule has 6 heteroatoms. The molecule has 6 nitrogen and oxygen atoms in total. The summed E-state index contributed by atoms with van der Waals surface area (Å²) in [6.45, 7) is 3.78. The Morgan fingerprint density at radius 1 is 1.29 bits per heavy atom. The van der Waals surface area contributed by atoms with Crippen LogP contribution in [0.2, 0.25) is 0 Å². The first-order chi connectivity index (χ1) is 10.2. The third-order valence-corrected chi connectivity index (χ3v) is 3.73. The molecular weight excluding hydrogens is 274 g/mol. The van der Waals surface area contributed by atoms with E-state index in [0.717, 1.165) is 0 Å². The Morgan fingerprint density at radius 2 is 2.10 bits per heavy atom. The van der Waals surface area contributed by atoms with E-state index in [-0.39, 0.29) is 12.0 Å². The maximum absolute atomic E-state index is 12.8. The van der Waals surface area contributed by atoms with Gasteiger partial charge >= 0.3 is 0 Å². The average molecular weight is 293 g/mol. The Hall–Kier alpha value is -1.79. The first-order valence-electron chi connectivity index (χ1n) is 7.06. The Labute approximate surface area is 123 Å². The van der Waals surface area contributed by atoms with E-state index in [4.69, 9.17) is 18.9 Å². The Bertz CT molecular complexity index is 533. The lowest BCUT2D eigenvalue weighted by Gasteiger charge is -2.35. The van der Waals surface area contributed by atoms with Gasteiger partial charge in [0.1, 0.15) is 18.1 Å². The second-order valence-corrected chi connectivity index (χ2v) is 5.04. The van der Waals surface area contributed by atoms with Crippen molar-refractivity contribution in [3.05, 3.63) is 18.2 Å². The first kappa shape index (κ1) is 14.2. The van der Waals surface area contributed by atoms with E-state index in [1.807, 2.05) is 19.1 Å². The van der Waals surface area contributed by atoms with Crippen molar-refractivity contribution < 1.29 is 23.7 Å². The van der Waals surface area contributed by atoms with Crippen LogP contribution in [0.3, 0.4) is 0 Å². The third kappa shape index (κ3) is 2.69. The fourth-order valence-corrected chi connectivity index (χ4v) is 2.61. The fraction of sp³-hybridized carbons (Fsp3) is 0.533. The molecule has 2 heterocycles. The number of fused-ring (bicyclic) bond motifs is 1.